The molecule has 0 aliphatic carbocycles. The maximum absolute atomic E-state index is 13.1. The van der Waals surface area contributed by atoms with Crippen LogP contribution in [-0.4, -0.2) is 16.1 Å². The van der Waals surface area contributed by atoms with Crippen molar-refractivity contribution < 1.29 is 44.3 Å². The predicted octanol–water partition coefficient (Wildman–Crippen LogP) is 5.94. The number of benzene rings is 2. The van der Waals surface area contributed by atoms with Crippen LogP contribution in [0.2, 0.25) is 0 Å². The van der Waals surface area contributed by atoms with E-state index in [1.807, 2.05) is 5.43 Å². The van der Waals surface area contributed by atoms with Gasteiger partial charge in [-0.05, 0) is 35.9 Å². The Morgan fingerprint density at radius 2 is 1.38 bits per heavy atom. The molecule has 0 aliphatic rings. The van der Waals surface area contributed by atoms with Gasteiger partial charge in [0.05, 0.1) is 22.3 Å². The van der Waals surface area contributed by atoms with E-state index in [1.54, 1.807) is 0 Å². The number of carbonyl (C=O) groups excluding carboxylic acids is 1. The molecule has 0 unspecified atom stereocenters. The average molecular weight is 514 g/mol. The van der Waals surface area contributed by atoms with E-state index in [0.29, 0.717) is 5.56 Å². The van der Waals surface area contributed by atoms with Crippen LogP contribution in [0.3, 0.4) is 0 Å². The number of rotatable bonds is 5. The highest BCUT2D eigenvalue weighted by Crippen LogP contribution is 2.36. The van der Waals surface area contributed by atoms with E-state index in [0.717, 1.165) is 23.5 Å². The fraction of sp³-hybridized carbons (Fsp3) is 0.211. The van der Waals surface area contributed by atoms with Crippen molar-refractivity contribution in [2.45, 2.75) is 24.9 Å². The van der Waals surface area contributed by atoms with Crippen LogP contribution in [0, 0.1) is 0 Å². The van der Waals surface area contributed by atoms with Gasteiger partial charge in [-0.3, -0.25) is 15.6 Å². The summed E-state index contributed by atoms with van der Waals surface area (Å²) in [6.45, 7) is 0. The molecule has 15 heteroatoms. The second kappa shape index (κ2) is 9.12. The molecule has 2 aromatic carbocycles. The van der Waals surface area contributed by atoms with Crippen molar-refractivity contribution in [1.29, 1.82) is 0 Å². The van der Waals surface area contributed by atoms with Gasteiger partial charge in [0, 0.05) is 6.42 Å². The van der Waals surface area contributed by atoms with Gasteiger partial charge in [-0.1, -0.05) is 23.5 Å². The van der Waals surface area contributed by atoms with Crippen molar-refractivity contribution in [3.05, 3.63) is 75.3 Å². The molecule has 0 fully saturated rings. The average Bonchev–Trinajstić information content (AvgIpc) is 3.17. The number of carbonyl (C=O) groups is 1. The summed E-state index contributed by atoms with van der Waals surface area (Å²) in [6.07, 6.45) is -14.5. The van der Waals surface area contributed by atoms with Crippen molar-refractivity contribution >= 4 is 22.4 Å². The van der Waals surface area contributed by atoms with Crippen LogP contribution >= 0.6 is 11.3 Å². The van der Waals surface area contributed by atoms with Gasteiger partial charge < -0.3 is 0 Å². The Kier molecular flexibility index (Phi) is 6.78. The molecule has 0 atom stereocenters. The quantitative estimate of drug-likeness (QED) is 0.327. The summed E-state index contributed by atoms with van der Waals surface area (Å²) in [6, 6.07) is 4.66. The van der Waals surface area contributed by atoms with Crippen LogP contribution in [0.4, 0.5) is 44.6 Å². The van der Waals surface area contributed by atoms with Gasteiger partial charge in [0.25, 0.3) is 5.91 Å². The third-order valence-corrected chi connectivity index (χ3v) is 5.12. The molecule has 0 radical (unpaired) electrons. The van der Waals surface area contributed by atoms with Crippen LogP contribution in [0.5, 0.6) is 0 Å². The summed E-state index contributed by atoms with van der Waals surface area (Å²) < 4.78 is 116. The minimum absolute atomic E-state index is 0.0667. The molecule has 0 aliphatic heterocycles. The minimum Gasteiger partial charge on any atom is -0.271 e. The zero-order valence-corrected chi connectivity index (χ0v) is 17.2. The zero-order chi connectivity index (χ0) is 25.3. The first-order chi connectivity index (χ1) is 15.6. The second-order valence-electron chi connectivity index (χ2n) is 6.71. The lowest BCUT2D eigenvalue weighted by molar-refractivity contribution is -0.141. The lowest BCUT2D eigenvalue weighted by Gasteiger charge is -2.15. The van der Waals surface area contributed by atoms with Gasteiger partial charge >= 0.3 is 18.5 Å². The Bertz CT molecular complexity index is 1170. The zero-order valence-electron chi connectivity index (χ0n) is 16.4. The molecule has 0 saturated heterocycles. The smallest absolute Gasteiger partial charge is 0.271 e. The fourth-order valence-electron chi connectivity index (χ4n) is 2.69. The molecule has 1 heterocycles. The molecule has 1 amide bonds. The van der Waals surface area contributed by atoms with Gasteiger partial charge in [-0.15, -0.1) is 10.2 Å². The Balaban J connectivity index is 1.70. The number of halogens is 9. The number of hydrogen-bond donors (Lipinski definition) is 2. The number of anilines is 1. The molecular weight excluding hydrogens is 503 g/mol. The summed E-state index contributed by atoms with van der Waals surface area (Å²) in [5.74, 6) is -1.50. The lowest BCUT2D eigenvalue weighted by Crippen LogP contribution is -2.31. The van der Waals surface area contributed by atoms with Crippen molar-refractivity contribution in [3.8, 4) is 0 Å². The molecular formula is C19H11F9N4OS. The molecule has 182 valence electrons. The maximum Gasteiger partial charge on any atom is 0.417 e. The molecule has 34 heavy (non-hydrogen) atoms. The van der Waals surface area contributed by atoms with E-state index in [1.165, 1.54) is 12.1 Å². The topological polar surface area (TPSA) is 66.9 Å². The summed E-state index contributed by atoms with van der Waals surface area (Å²) in [5, 5.41) is 7.53. The highest BCUT2D eigenvalue weighted by Gasteiger charge is 2.38. The lowest BCUT2D eigenvalue weighted by atomic mass is 10.0. The first kappa shape index (κ1) is 25.3. The number of nitrogens with one attached hydrogen (secondary N) is 2. The van der Waals surface area contributed by atoms with E-state index in [-0.39, 0.29) is 34.8 Å². The number of hydrogen-bond acceptors (Lipinski definition) is 5. The van der Waals surface area contributed by atoms with Gasteiger partial charge in [0.2, 0.25) is 5.13 Å². The largest absolute Gasteiger partial charge is 0.417 e. The van der Waals surface area contributed by atoms with E-state index >= 15 is 0 Å². The van der Waals surface area contributed by atoms with Crippen LogP contribution < -0.4 is 10.9 Å². The monoisotopic (exact) mass is 514 g/mol. The SMILES string of the molecule is O=C(NNc1nnc(Cc2ccc(C(F)(F)F)cc2)s1)c1cc(C(F)(F)F)ccc1C(F)(F)F. The van der Waals surface area contributed by atoms with E-state index in [2.05, 4.69) is 15.6 Å². The Labute approximate surface area is 188 Å². The highest BCUT2D eigenvalue weighted by molar-refractivity contribution is 7.15. The molecule has 0 saturated carbocycles. The van der Waals surface area contributed by atoms with Crippen molar-refractivity contribution in [2.75, 3.05) is 5.43 Å². The molecule has 5 nitrogen and oxygen atoms in total. The standard InChI is InChI=1S/C19H11F9N4OS/c20-17(21,22)10-3-1-9(2-4-10)7-14-29-31-16(34-14)32-30-15(33)12-8-11(18(23,24)25)5-6-13(12)19(26,27)28/h1-6,8H,7H2,(H,30,33)(H,31,32). The summed E-state index contributed by atoms with van der Waals surface area (Å²) >= 11 is 0.819. The Morgan fingerprint density at radius 1 is 0.794 bits per heavy atom. The number of nitrogens with zero attached hydrogens (tertiary/aromatic N) is 2. The number of amides is 1. The normalized spacial score (nSPS) is 12.5. The van der Waals surface area contributed by atoms with Gasteiger partial charge in [0.1, 0.15) is 5.01 Å². The Morgan fingerprint density at radius 3 is 1.94 bits per heavy atom. The highest BCUT2D eigenvalue weighted by atomic mass is 32.1. The van der Waals surface area contributed by atoms with Crippen LogP contribution in [0.1, 0.15) is 37.6 Å². The summed E-state index contributed by atoms with van der Waals surface area (Å²) in [4.78, 5) is 12.2. The van der Waals surface area contributed by atoms with Crippen LogP contribution in [0.25, 0.3) is 0 Å². The summed E-state index contributed by atoms with van der Waals surface area (Å²) in [5.41, 5.74) is -0.660. The van der Waals surface area contributed by atoms with Gasteiger partial charge in [0.15, 0.2) is 0 Å². The minimum atomic E-state index is -5.09. The molecule has 2 N–H and O–H groups in total. The van der Waals surface area contributed by atoms with E-state index < -0.39 is 46.7 Å². The fourth-order valence-corrected chi connectivity index (χ4v) is 3.42. The molecule has 1 aromatic heterocycles. The van der Waals surface area contributed by atoms with Gasteiger partial charge in [-0.25, -0.2) is 0 Å². The number of alkyl halides is 9. The van der Waals surface area contributed by atoms with E-state index in [4.69, 9.17) is 0 Å². The molecule has 0 bridgehead atoms. The van der Waals surface area contributed by atoms with Crippen molar-refractivity contribution in [3.63, 3.8) is 0 Å². The molecule has 3 rings (SSSR count). The maximum atomic E-state index is 13.1. The van der Waals surface area contributed by atoms with E-state index in [9.17, 15) is 44.3 Å². The second-order valence-corrected chi connectivity index (χ2v) is 7.77. The molecule has 0 spiro atoms. The number of aromatic nitrogens is 2. The van der Waals surface area contributed by atoms with Crippen molar-refractivity contribution in [2.24, 2.45) is 0 Å². The number of hydrazine groups is 1. The van der Waals surface area contributed by atoms with Gasteiger partial charge in [-0.2, -0.15) is 39.5 Å². The third kappa shape index (κ3) is 6.15. The predicted molar refractivity (Wildman–Crippen MR) is 102 cm³/mol. The Hall–Kier alpha value is -3.36. The van der Waals surface area contributed by atoms with Crippen molar-refractivity contribution in [1.82, 2.24) is 15.6 Å². The first-order valence-electron chi connectivity index (χ1n) is 8.98. The first-order valence-corrected chi connectivity index (χ1v) is 9.79. The van der Waals surface area contributed by atoms with Crippen LogP contribution in [-0.2, 0) is 24.9 Å². The third-order valence-electron chi connectivity index (χ3n) is 4.28. The summed E-state index contributed by atoms with van der Waals surface area (Å²) in [7, 11) is 0. The molecule has 3 aromatic rings. The van der Waals surface area contributed by atoms with Crippen LogP contribution in [0.15, 0.2) is 42.5 Å².